The quantitative estimate of drug-likeness (QED) is 0.680. The summed E-state index contributed by atoms with van der Waals surface area (Å²) in [7, 11) is 0. The van der Waals surface area contributed by atoms with Gasteiger partial charge in [-0.3, -0.25) is 4.79 Å². The van der Waals surface area contributed by atoms with Gasteiger partial charge in [0.2, 0.25) is 5.60 Å². The van der Waals surface area contributed by atoms with E-state index in [1.54, 1.807) is 12.1 Å². The van der Waals surface area contributed by atoms with E-state index in [-0.39, 0.29) is 23.6 Å². The number of ether oxygens (including phenoxy) is 2. The van der Waals surface area contributed by atoms with Crippen LogP contribution in [0.2, 0.25) is 0 Å². The van der Waals surface area contributed by atoms with Crippen molar-refractivity contribution < 1.29 is 19.1 Å². The molecule has 1 aliphatic carbocycles. The summed E-state index contributed by atoms with van der Waals surface area (Å²) < 4.78 is 11.3. The molecule has 2 bridgehead atoms. The molecule has 0 N–H and O–H groups in total. The van der Waals surface area contributed by atoms with E-state index in [0.29, 0.717) is 24.3 Å². The summed E-state index contributed by atoms with van der Waals surface area (Å²) >= 11 is 0. The number of Topliss-reactive ketones (excluding diaryl/α,β-unsaturated/α-hetero) is 1. The molecule has 0 amide bonds. The van der Waals surface area contributed by atoms with Gasteiger partial charge in [0.1, 0.15) is 5.75 Å². The number of fused-ring (bicyclic) bond motifs is 3. The molecule has 4 heteroatoms. The van der Waals surface area contributed by atoms with Crippen LogP contribution in [-0.2, 0) is 9.53 Å². The van der Waals surface area contributed by atoms with Crippen LogP contribution in [0.15, 0.2) is 24.3 Å². The number of cyclic esters (lactones) is 1. The van der Waals surface area contributed by atoms with Crippen LogP contribution in [-0.4, -0.2) is 24.0 Å². The van der Waals surface area contributed by atoms with Gasteiger partial charge in [0.15, 0.2) is 5.78 Å². The van der Waals surface area contributed by atoms with Crippen LogP contribution in [0.25, 0.3) is 0 Å². The Labute approximate surface area is 117 Å². The first-order chi connectivity index (χ1) is 9.72. The van der Waals surface area contributed by atoms with Gasteiger partial charge in [0.25, 0.3) is 0 Å². The molecule has 2 fully saturated rings. The predicted molar refractivity (Wildman–Crippen MR) is 70.5 cm³/mol. The van der Waals surface area contributed by atoms with Gasteiger partial charge in [-0.05, 0) is 37.3 Å². The van der Waals surface area contributed by atoms with Crippen LogP contribution in [0.1, 0.15) is 36.0 Å². The van der Waals surface area contributed by atoms with Gasteiger partial charge in [-0.15, -0.1) is 0 Å². The standard InChI is InChI=1S/C16H16O4/c17-14-11-6-1-2-7-12(11)20-16-9-10(13(14)16)5-3-4-8-19-15(16)18/h1-2,6-7,10,13H,3-5,8-9H2/t10-,13-,16-/m1/s1. The molecule has 3 atom stereocenters. The number of hydrogen-bond donors (Lipinski definition) is 0. The molecule has 1 aromatic rings. The molecule has 0 radical (unpaired) electrons. The minimum Gasteiger partial charge on any atom is -0.474 e. The Bertz CT molecular complexity index is 594. The third kappa shape index (κ3) is 1.42. The Balaban J connectivity index is 1.81. The maximum Gasteiger partial charge on any atom is 0.351 e. The SMILES string of the molecule is O=C1c2ccccc2O[C@@]23C[C@@H](CCCCOC2=O)[C@H]13. The summed E-state index contributed by atoms with van der Waals surface area (Å²) in [6.07, 6.45) is 3.45. The maximum absolute atomic E-state index is 12.7. The number of ketones is 1. The van der Waals surface area contributed by atoms with Crippen molar-refractivity contribution in [3.8, 4) is 5.75 Å². The van der Waals surface area contributed by atoms with E-state index >= 15 is 0 Å². The average Bonchev–Trinajstić information content (AvgIpc) is 2.54. The fourth-order valence-electron chi connectivity index (χ4n) is 3.82. The third-order valence-electron chi connectivity index (χ3n) is 4.81. The summed E-state index contributed by atoms with van der Waals surface area (Å²) in [5.41, 5.74) is -0.453. The van der Waals surface area contributed by atoms with Crippen molar-refractivity contribution >= 4 is 11.8 Å². The molecule has 20 heavy (non-hydrogen) atoms. The fraction of sp³-hybridized carbons (Fsp3) is 0.500. The molecular weight excluding hydrogens is 256 g/mol. The van der Waals surface area contributed by atoms with Crippen molar-refractivity contribution in [1.82, 2.24) is 0 Å². The van der Waals surface area contributed by atoms with E-state index in [1.807, 2.05) is 12.1 Å². The Kier molecular flexibility index (Phi) is 2.43. The zero-order chi connectivity index (χ0) is 13.7. The van der Waals surface area contributed by atoms with Gasteiger partial charge in [-0.1, -0.05) is 12.1 Å². The van der Waals surface area contributed by atoms with Crippen LogP contribution in [0.4, 0.5) is 0 Å². The molecule has 3 aliphatic rings. The molecule has 104 valence electrons. The summed E-state index contributed by atoms with van der Waals surface area (Å²) in [5.74, 6) is 0.0957. The minimum absolute atomic E-state index is 0.0435. The van der Waals surface area contributed by atoms with Crippen LogP contribution in [0.5, 0.6) is 5.75 Å². The molecule has 1 saturated carbocycles. The van der Waals surface area contributed by atoms with E-state index in [1.165, 1.54) is 0 Å². The van der Waals surface area contributed by atoms with Crippen molar-refractivity contribution in [3.05, 3.63) is 29.8 Å². The van der Waals surface area contributed by atoms with Crippen molar-refractivity contribution in [3.63, 3.8) is 0 Å². The molecule has 4 nitrogen and oxygen atoms in total. The summed E-state index contributed by atoms with van der Waals surface area (Å²) in [5, 5.41) is 0. The lowest BCUT2D eigenvalue weighted by molar-refractivity contribution is -0.185. The number of rotatable bonds is 0. The highest BCUT2D eigenvalue weighted by molar-refractivity contribution is 6.07. The second-order valence-corrected chi connectivity index (χ2v) is 5.93. The topological polar surface area (TPSA) is 52.6 Å². The monoisotopic (exact) mass is 272 g/mol. The molecule has 4 rings (SSSR count). The summed E-state index contributed by atoms with van der Waals surface area (Å²) in [6, 6.07) is 7.18. The van der Waals surface area contributed by atoms with E-state index in [2.05, 4.69) is 0 Å². The molecular formula is C16H16O4. The normalized spacial score (nSPS) is 35.2. The number of hydrogen-bond acceptors (Lipinski definition) is 4. The Morgan fingerprint density at radius 1 is 1.15 bits per heavy atom. The number of carbonyl (C=O) groups is 2. The second kappa shape index (κ2) is 4.08. The minimum atomic E-state index is -1.06. The molecule has 1 aromatic carbocycles. The fourth-order valence-corrected chi connectivity index (χ4v) is 3.82. The van der Waals surface area contributed by atoms with Gasteiger partial charge < -0.3 is 9.47 Å². The van der Waals surface area contributed by atoms with Crippen molar-refractivity contribution in [2.45, 2.75) is 31.3 Å². The Morgan fingerprint density at radius 2 is 2.00 bits per heavy atom. The molecule has 1 saturated heterocycles. The van der Waals surface area contributed by atoms with Gasteiger partial charge >= 0.3 is 5.97 Å². The van der Waals surface area contributed by atoms with E-state index in [0.717, 1.165) is 19.3 Å². The molecule has 0 aromatic heterocycles. The van der Waals surface area contributed by atoms with Gasteiger partial charge in [0.05, 0.1) is 18.1 Å². The molecule has 2 heterocycles. The maximum atomic E-state index is 12.7. The molecule has 2 aliphatic heterocycles. The first kappa shape index (κ1) is 11.9. The van der Waals surface area contributed by atoms with E-state index in [4.69, 9.17) is 9.47 Å². The van der Waals surface area contributed by atoms with Crippen LogP contribution < -0.4 is 4.74 Å². The highest BCUT2D eigenvalue weighted by Crippen LogP contribution is 2.55. The number of carbonyl (C=O) groups excluding carboxylic acids is 2. The highest BCUT2D eigenvalue weighted by Gasteiger charge is 2.67. The number of para-hydroxylation sites is 1. The molecule has 1 spiro atoms. The number of esters is 1. The van der Waals surface area contributed by atoms with Gasteiger partial charge in [-0.25, -0.2) is 4.79 Å². The first-order valence-corrected chi connectivity index (χ1v) is 7.22. The highest BCUT2D eigenvalue weighted by atomic mass is 16.6. The van der Waals surface area contributed by atoms with Crippen molar-refractivity contribution in [2.75, 3.05) is 6.61 Å². The Morgan fingerprint density at radius 3 is 2.90 bits per heavy atom. The lowest BCUT2D eigenvalue weighted by Crippen LogP contribution is -2.67. The van der Waals surface area contributed by atoms with Crippen LogP contribution in [0.3, 0.4) is 0 Å². The van der Waals surface area contributed by atoms with E-state index in [9.17, 15) is 9.59 Å². The second-order valence-electron chi connectivity index (χ2n) is 5.93. The zero-order valence-corrected chi connectivity index (χ0v) is 11.1. The first-order valence-electron chi connectivity index (χ1n) is 7.22. The molecule has 0 unspecified atom stereocenters. The largest absolute Gasteiger partial charge is 0.474 e. The van der Waals surface area contributed by atoms with Crippen molar-refractivity contribution in [2.24, 2.45) is 11.8 Å². The van der Waals surface area contributed by atoms with Crippen molar-refractivity contribution in [1.29, 1.82) is 0 Å². The smallest absolute Gasteiger partial charge is 0.351 e. The summed E-state index contributed by atoms with van der Waals surface area (Å²) in [6.45, 7) is 0.430. The van der Waals surface area contributed by atoms with Gasteiger partial charge in [0, 0.05) is 6.42 Å². The van der Waals surface area contributed by atoms with Gasteiger partial charge in [-0.2, -0.15) is 0 Å². The van der Waals surface area contributed by atoms with E-state index < -0.39 is 5.60 Å². The van der Waals surface area contributed by atoms with Crippen LogP contribution >= 0.6 is 0 Å². The Hall–Kier alpha value is -1.84. The lowest BCUT2D eigenvalue weighted by atomic mass is 9.56. The third-order valence-corrected chi connectivity index (χ3v) is 4.81. The lowest BCUT2D eigenvalue weighted by Gasteiger charge is -2.53. The predicted octanol–water partition coefficient (Wildman–Crippen LogP) is 2.36. The van der Waals surface area contributed by atoms with Crippen LogP contribution in [0, 0.1) is 11.8 Å². The number of benzene rings is 1. The average molecular weight is 272 g/mol. The zero-order valence-electron chi connectivity index (χ0n) is 11.1. The summed E-state index contributed by atoms with van der Waals surface area (Å²) in [4.78, 5) is 25.1.